The lowest BCUT2D eigenvalue weighted by Gasteiger charge is -2.15. The van der Waals surface area contributed by atoms with Crippen molar-refractivity contribution in [3.05, 3.63) is 29.3 Å². The molecule has 0 fully saturated rings. The molecule has 0 aliphatic carbocycles. The van der Waals surface area contributed by atoms with E-state index in [-0.39, 0.29) is 6.29 Å². The fraction of sp³-hybridized carbons (Fsp3) is 0.364. The highest BCUT2D eigenvalue weighted by Crippen LogP contribution is 2.19. The van der Waals surface area contributed by atoms with Gasteiger partial charge in [-0.15, -0.1) is 0 Å². The predicted octanol–water partition coefficient (Wildman–Crippen LogP) is 1.30. The zero-order valence-electron chi connectivity index (χ0n) is 8.86. The van der Waals surface area contributed by atoms with Crippen molar-refractivity contribution >= 4 is 5.69 Å². The summed E-state index contributed by atoms with van der Waals surface area (Å²) in [6.45, 7) is 0. The third-order valence-electron chi connectivity index (χ3n) is 2.23. The quantitative estimate of drug-likeness (QED) is 0.595. The van der Waals surface area contributed by atoms with Crippen molar-refractivity contribution < 1.29 is 9.47 Å². The maximum absolute atomic E-state index is 8.91. The van der Waals surface area contributed by atoms with Crippen LogP contribution in [0.4, 0.5) is 5.69 Å². The molecule has 0 radical (unpaired) electrons. The van der Waals surface area contributed by atoms with Crippen molar-refractivity contribution in [1.82, 2.24) is 0 Å². The number of hydrogen-bond acceptors (Lipinski definition) is 4. The molecule has 1 aromatic carbocycles. The number of nitriles is 1. The summed E-state index contributed by atoms with van der Waals surface area (Å²) in [5.74, 6) is 0. The number of benzene rings is 1. The Morgan fingerprint density at radius 2 is 2.07 bits per heavy atom. The third-order valence-corrected chi connectivity index (χ3v) is 2.23. The normalized spacial score (nSPS) is 10.3. The second kappa shape index (κ2) is 5.35. The van der Waals surface area contributed by atoms with Crippen LogP contribution < -0.4 is 5.73 Å². The standard InChI is InChI=1S/C11H14N2O2/c1-14-11(15-2)6-9-8(7-12)4-3-5-10(9)13/h3-5,11H,6,13H2,1-2H3. The Morgan fingerprint density at radius 1 is 1.40 bits per heavy atom. The van der Waals surface area contributed by atoms with E-state index in [1.165, 1.54) is 0 Å². The first-order valence-corrected chi connectivity index (χ1v) is 4.56. The van der Waals surface area contributed by atoms with E-state index in [1.54, 1.807) is 32.4 Å². The number of ether oxygens (including phenoxy) is 2. The molecule has 0 aromatic heterocycles. The number of nitrogens with two attached hydrogens (primary N) is 1. The third kappa shape index (κ3) is 2.69. The van der Waals surface area contributed by atoms with Crippen molar-refractivity contribution in [1.29, 1.82) is 5.26 Å². The highest BCUT2D eigenvalue weighted by atomic mass is 16.7. The molecule has 0 aliphatic heterocycles. The molecule has 4 nitrogen and oxygen atoms in total. The SMILES string of the molecule is COC(Cc1c(N)cccc1C#N)OC. The molecule has 4 heteroatoms. The smallest absolute Gasteiger partial charge is 0.160 e. The minimum Gasteiger partial charge on any atom is -0.398 e. The maximum Gasteiger partial charge on any atom is 0.160 e. The van der Waals surface area contributed by atoms with E-state index in [0.717, 1.165) is 5.56 Å². The van der Waals surface area contributed by atoms with Gasteiger partial charge in [-0.25, -0.2) is 0 Å². The van der Waals surface area contributed by atoms with Gasteiger partial charge >= 0.3 is 0 Å². The Bertz CT molecular complexity index is 367. The molecule has 1 aromatic rings. The van der Waals surface area contributed by atoms with Gasteiger partial charge in [0.05, 0.1) is 11.6 Å². The molecule has 0 heterocycles. The van der Waals surface area contributed by atoms with Crippen molar-refractivity contribution in [3.63, 3.8) is 0 Å². The predicted molar refractivity (Wildman–Crippen MR) is 57.1 cm³/mol. The van der Waals surface area contributed by atoms with Gasteiger partial charge in [-0.3, -0.25) is 0 Å². The summed E-state index contributed by atoms with van der Waals surface area (Å²) in [7, 11) is 3.11. The van der Waals surface area contributed by atoms with E-state index in [0.29, 0.717) is 17.7 Å². The summed E-state index contributed by atoms with van der Waals surface area (Å²) in [6.07, 6.45) is 0.101. The van der Waals surface area contributed by atoms with Crippen LogP contribution in [0.5, 0.6) is 0 Å². The van der Waals surface area contributed by atoms with Crippen molar-refractivity contribution in [3.8, 4) is 6.07 Å². The molecule has 80 valence electrons. The lowest BCUT2D eigenvalue weighted by atomic mass is 10.0. The first-order chi connectivity index (χ1) is 7.22. The highest BCUT2D eigenvalue weighted by Gasteiger charge is 2.12. The Hall–Kier alpha value is -1.57. The highest BCUT2D eigenvalue weighted by molar-refractivity contribution is 5.55. The topological polar surface area (TPSA) is 68.3 Å². The molecular formula is C11H14N2O2. The molecule has 15 heavy (non-hydrogen) atoms. The van der Waals surface area contributed by atoms with Gasteiger partial charge in [-0.1, -0.05) is 6.07 Å². The molecule has 0 spiro atoms. The van der Waals surface area contributed by atoms with Crippen LogP contribution >= 0.6 is 0 Å². The van der Waals surface area contributed by atoms with Crippen LogP contribution in [0.2, 0.25) is 0 Å². The van der Waals surface area contributed by atoms with Gasteiger partial charge < -0.3 is 15.2 Å². The minimum atomic E-state index is -0.373. The molecule has 1 rings (SSSR count). The lowest BCUT2D eigenvalue weighted by molar-refractivity contribution is -0.100. The molecule has 0 bridgehead atoms. The van der Waals surface area contributed by atoms with E-state index in [2.05, 4.69) is 6.07 Å². The lowest BCUT2D eigenvalue weighted by Crippen LogP contribution is -2.17. The summed E-state index contributed by atoms with van der Waals surface area (Å²) in [6, 6.07) is 7.35. The number of hydrogen-bond donors (Lipinski definition) is 1. The van der Waals surface area contributed by atoms with Crippen molar-refractivity contribution in [2.24, 2.45) is 0 Å². The molecule has 0 saturated carbocycles. The van der Waals surface area contributed by atoms with Crippen LogP contribution in [0.15, 0.2) is 18.2 Å². The van der Waals surface area contributed by atoms with E-state index >= 15 is 0 Å². The summed E-state index contributed by atoms with van der Waals surface area (Å²) in [4.78, 5) is 0. The number of anilines is 1. The second-order valence-corrected chi connectivity index (χ2v) is 3.09. The average molecular weight is 206 g/mol. The number of rotatable bonds is 4. The first kappa shape index (κ1) is 11.5. The van der Waals surface area contributed by atoms with Crippen molar-refractivity contribution in [2.75, 3.05) is 20.0 Å². The van der Waals surface area contributed by atoms with Gasteiger partial charge in [-0.2, -0.15) is 5.26 Å². The van der Waals surface area contributed by atoms with Crippen LogP contribution in [-0.2, 0) is 15.9 Å². The first-order valence-electron chi connectivity index (χ1n) is 4.56. The Balaban J connectivity index is 2.97. The van der Waals surface area contributed by atoms with Gasteiger partial charge in [0.1, 0.15) is 0 Å². The monoisotopic (exact) mass is 206 g/mol. The number of nitrogens with zero attached hydrogens (tertiary/aromatic N) is 1. The molecule has 0 atom stereocenters. The fourth-order valence-electron chi connectivity index (χ4n) is 1.37. The molecule has 2 N–H and O–H groups in total. The minimum absolute atomic E-state index is 0.373. The molecule has 0 aliphatic rings. The van der Waals surface area contributed by atoms with Gasteiger partial charge in [0.2, 0.25) is 0 Å². The molecular weight excluding hydrogens is 192 g/mol. The van der Waals surface area contributed by atoms with E-state index in [1.807, 2.05) is 0 Å². The molecule has 0 saturated heterocycles. The Labute approximate surface area is 89.2 Å². The van der Waals surface area contributed by atoms with Gasteiger partial charge in [0, 0.05) is 26.3 Å². The summed E-state index contributed by atoms with van der Waals surface area (Å²) < 4.78 is 10.1. The Morgan fingerprint density at radius 3 is 2.60 bits per heavy atom. The van der Waals surface area contributed by atoms with Crippen molar-refractivity contribution in [2.45, 2.75) is 12.7 Å². The van der Waals surface area contributed by atoms with E-state index in [9.17, 15) is 0 Å². The zero-order chi connectivity index (χ0) is 11.3. The van der Waals surface area contributed by atoms with Crippen LogP contribution in [0, 0.1) is 11.3 Å². The Kier molecular flexibility index (Phi) is 4.10. The molecule has 0 unspecified atom stereocenters. The van der Waals surface area contributed by atoms with E-state index < -0.39 is 0 Å². The second-order valence-electron chi connectivity index (χ2n) is 3.09. The molecule has 0 amide bonds. The van der Waals surface area contributed by atoms with Crippen LogP contribution in [0.25, 0.3) is 0 Å². The summed E-state index contributed by atoms with van der Waals surface area (Å²) >= 11 is 0. The maximum atomic E-state index is 8.91. The fourth-order valence-corrected chi connectivity index (χ4v) is 1.37. The largest absolute Gasteiger partial charge is 0.398 e. The summed E-state index contributed by atoms with van der Waals surface area (Å²) in [5.41, 5.74) is 7.72. The van der Waals surface area contributed by atoms with Gasteiger partial charge in [-0.05, 0) is 17.7 Å². The number of methoxy groups -OCH3 is 2. The van der Waals surface area contributed by atoms with Gasteiger partial charge in [0.25, 0.3) is 0 Å². The van der Waals surface area contributed by atoms with Crippen LogP contribution in [0.1, 0.15) is 11.1 Å². The van der Waals surface area contributed by atoms with Crippen LogP contribution in [-0.4, -0.2) is 20.5 Å². The van der Waals surface area contributed by atoms with Crippen LogP contribution in [0.3, 0.4) is 0 Å². The summed E-state index contributed by atoms with van der Waals surface area (Å²) in [5, 5.41) is 8.91. The zero-order valence-corrected chi connectivity index (χ0v) is 8.86. The number of nitrogen functional groups attached to an aromatic ring is 1. The average Bonchev–Trinajstić information content (AvgIpc) is 2.27. The van der Waals surface area contributed by atoms with Gasteiger partial charge in [0.15, 0.2) is 6.29 Å². The van der Waals surface area contributed by atoms with E-state index in [4.69, 9.17) is 20.5 Å².